The molecule has 0 aliphatic carbocycles. The Labute approximate surface area is 167 Å². The quantitative estimate of drug-likeness (QED) is 0.407. The number of aryl methyl sites for hydroxylation is 1. The molecule has 0 saturated heterocycles. The molecule has 0 aliphatic heterocycles. The van der Waals surface area contributed by atoms with Crippen molar-refractivity contribution >= 4 is 44.4 Å². The Morgan fingerprint density at radius 3 is 2.43 bits per heavy atom. The summed E-state index contributed by atoms with van der Waals surface area (Å²) < 4.78 is 37.4. The van der Waals surface area contributed by atoms with E-state index < -0.39 is 12.1 Å². The van der Waals surface area contributed by atoms with Crippen molar-refractivity contribution in [2.45, 2.75) is 19.0 Å². The van der Waals surface area contributed by atoms with E-state index in [1.165, 1.54) is 0 Å². The van der Waals surface area contributed by atoms with Crippen molar-refractivity contribution in [1.82, 2.24) is 5.32 Å². The maximum Gasteiger partial charge on any atom is 0.490 e. The molecular formula is C17H21F3N2O4S2. The Morgan fingerprint density at radius 2 is 1.82 bits per heavy atom. The van der Waals surface area contributed by atoms with Crippen LogP contribution in [0.2, 0.25) is 0 Å². The minimum atomic E-state index is -5.08. The smallest absolute Gasteiger partial charge is 0.475 e. The molecule has 2 rings (SSSR count). The van der Waals surface area contributed by atoms with E-state index in [0.29, 0.717) is 25.9 Å². The first-order valence-electron chi connectivity index (χ1n) is 8.22. The van der Waals surface area contributed by atoms with Crippen molar-refractivity contribution in [1.29, 1.82) is 0 Å². The Morgan fingerprint density at radius 1 is 1.18 bits per heavy atom. The molecule has 28 heavy (non-hydrogen) atoms. The van der Waals surface area contributed by atoms with Crippen LogP contribution >= 0.6 is 21.6 Å². The molecule has 1 aromatic carbocycles. The molecule has 11 heteroatoms. The van der Waals surface area contributed by atoms with E-state index in [1.807, 2.05) is 30.3 Å². The van der Waals surface area contributed by atoms with Gasteiger partial charge in [0.05, 0.1) is 0 Å². The molecule has 0 saturated carbocycles. The monoisotopic (exact) mass is 438 g/mol. The topological polar surface area (TPSA) is 106 Å². The van der Waals surface area contributed by atoms with Gasteiger partial charge in [-0.2, -0.15) is 13.2 Å². The molecule has 0 spiro atoms. The highest BCUT2D eigenvalue weighted by molar-refractivity contribution is 8.76. The number of hydrogen-bond donors (Lipinski definition) is 3. The standard InChI is InChI=1S/C15H20N2O2S2.C2HF3O2/c16-7-9-20-21-10-8-17-15(18)6-5-13-11-12-3-1-2-4-14(12)19-13;3-2(4,5)1(6)7/h1-4,11H,5-10,16H2,(H,17,18);(H,6,7). The van der Waals surface area contributed by atoms with Gasteiger partial charge in [0.2, 0.25) is 5.91 Å². The predicted molar refractivity (Wildman–Crippen MR) is 105 cm³/mol. The summed E-state index contributed by atoms with van der Waals surface area (Å²) in [6, 6.07) is 9.88. The first-order chi connectivity index (χ1) is 13.2. The fraction of sp³-hybridized carbons (Fsp3) is 0.412. The molecule has 156 valence electrons. The summed E-state index contributed by atoms with van der Waals surface area (Å²) in [4.78, 5) is 20.6. The van der Waals surface area contributed by atoms with Gasteiger partial charge < -0.3 is 20.6 Å². The molecule has 0 unspecified atom stereocenters. The fourth-order valence-electron chi connectivity index (χ4n) is 1.88. The van der Waals surface area contributed by atoms with Crippen molar-refractivity contribution in [3.05, 3.63) is 36.1 Å². The largest absolute Gasteiger partial charge is 0.490 e. The van der Waals surface area contributed by atoms with Crippen molar-refractivity contribution in [3.8, 4) is 0 Å². The summed E-state index contributed by atoms with van der Waals surface area (Å²) >= 11 is 0. The SMILES string of the molecule is NCCSSCCNC(=O)CCc1cc2ccccc2o1.O=C(O)C(F)(F)F. The van der Waals surface area contributed by atoms with Crippen molar-refractivity contribution < 1.29 is 32.3 Å². The lowest BCUT2D eigenvalue weighted by molar-refractivity contribution is -0.192. The van der Waals surface area contributed by atoms with Crippen LogP contribution in [0.4, 0.5) is 13.2 Å². The van der Waals surface area contributed by atoms with Crippen LogP contribution in [-0.2, 0) is 16.0 Å². The van der Waals surface area contributed by atoms with Crippen LogP contribution in [0.1, 0.15) is 12.2 Å². The second-order valence-corrected chi connectivity index (χ2v) is 8.04. The Hall–Kier alpha value is -1.85. The lowest BCUT2D eigenvalue weighted by atomic mass is 10.2. The zero-order chi connectivity index (χ0) is 21.0. The number of amides is 1. The molecule has 0 radical (unpaired) electrons. The third-order valence-electron chi connectivity index (χ3n) is 3.11. The average Bonchev–Trinajstić information content (AvgIpc) is 3.05. The molecule has 0 fully saturated rings. The third-order valence-corrected chi connectivity index (χ3v) is 5.55. The van der Waals surface area contributed by atoms with E-state index in [0.717, 1.165) is 28.2 Å². The Bertz CT molecular complexity index is 720. The van der Waals surface area contributed by atoms with Crippen LogP contribution in [0.5, 0.6) is 0 Å². The third kappa shape index (κ3) is 9.90. The molecule has 0 atom stereocenters. The van der Waals surface area contributed by atoms with E-state index in [4.69, 9.17) is 20.1 Å². The van der Waals surface area contributed by atoms with Crippen LogP contribution < -0.4 is 11.1 Å². The number of para-hydroxylation sites is 1. The van der Waals surface area contributed by atoms with Crippen LogP contribution in [0.15, 0.2) is 34.7 Å². The highest BCUT2D eigenvalue weighted by atomic mass is 33.1. The maximum absolute atomic E-state index is 11.7. The highest BCUT2D eigenvalue weighted by Gasteiger charge is 2.38. The van der Waals surface area contributed by atoms with Gasteiger partial charge in [0.25, 0.3) is 0 Å². The van der Waals surface area contributed by atoms with E-state index in [-0.39, 0.29) is 5.91 Å². The maximum atomic E-state index is 11.7. The number of nitrogens with two attached hydrogens (primary N) is 1. The van der Waals surface area contributed by atoms with Crippen molar-refractivity contribution in [2.75, 3.05) is 24.6 Å². The molecular weight excluding hydrogens is 417 g/mol. The van der Waals surface area contributed by atoms with Crippen molar-refractivity contribution in [3.63, 3.8) is 0 Å². The van der Waals surface area contributed by atoms with Gasteiger partial charge in [0.15, 0.2) is 0 Å². The number of furan rings is 1. The Kier molecular flexibility index (Phi) is 10.9. The lowest BCUT2D eigenvalue weighted by Gasteiger charge is -2.03. The number of benzene rings is 1. The van der Waals surface area contributed by atoms with E-state index in [9.17, 15) is 18.0 Å². The summed E-state index contributed by atoms with van der Waals surface area (Å²) in [6.45, 7) is 1.39. The number of carbonyl (C=O) groups excluding carboxylic acids is 1. The van der Waals surface area contributed by atoms with Crippen LogP contribution in [-0.4, -0.2) is 47.8 Å². The molecule has 0 aliphatic rings. The van der Waals surface area contributed by atoms with E-state index in [2.05, 4.69) is 5.32 Å². The van der Waals surface area contributed by atoms with Gasteiger partial charge in [-0.15, -0.1) is 0 Å². The number of carboxylic acids is 1. The van der Waals surface area contributed by atoms with Crippen molar-refractivity contribution in [2.24, 2.45) is 5.73 Å². The number of aliphatic carboxylic acids is 1. The van der Waals surface area contributed by atoms with Gasteiger partial charge >= 0.3 is 12.1 Å². The number of halogens is 3. The highest BCUT2D eigenvalue weighted by Crippen LogP contribution is 2.20. The molecule has 1 aromatic heterocycles. The van der Waals surface area contributed by atoms with Gasteiger partial charge in [-0.1, -0.05) is 39.8 Å². The van der Waals surface area contributed by atoms with E-state index in [1.54, 1.807) is 21.6 Å². The minimum absolute atomic E-state index is 0.0693. The number of carbonyl (C=O) groups is 2. The number of hydrogen-bond acceptors (Lipinski definition) is 6. The van der Waals surface area contributed by atoms with Gasteiger partial charge in [-0.05, 0) is 12.1 Å². The second kappa shape index (κ2) is 12.6. The number of alkyl halides is 3. The minimum Gasteiger partial charge on any atom is -0.475 e. The summed E-state index contributed by atoms with van der Waals surface area (Å²) in [5.74, 6) is 0.0257. The number of rotatable bonds is 9. The summed E-state index contributed by atoms with van der Waals surface area (Å²) in [6.07, 6.45) is -3.99. The second-order valence-electron chi connectivity index (χ2n) is 5.34. The predicted octanol–water partition coefficient (Wildman–Crippen LogP) is 3.46. The molecule has 1 amide bonds. The first-order valence-corrected chi connectivity index (χ1v) is 10.7. The summed E-state index contributed by atoms with van der Waals surface area (Å²) in [7, 11) is 3.48. The zero-order valence-electron chi connectivity index (χ0n) is 14.8. The van der Waals surface area contributed by atoms with Gasteiger partial charge in [-0.25, -0.2) is 4.79 Å². The normalized spacial score (nSPS) is 11.0. The fourth-order valence-corrected chi connectivity index (χ4v) is 3.65. The molecule has 4 N–H and O–H groups in total. The average molecular weight is 438 g/mol. The lowest BCUT2D eigenvalue weighted by Crippen LogP contribution is -2.25. The van der Waals surface area contributed by atoms with Crippen LogP contribution in [0, 0.1) is 0 Å². The first kappa shape index (κ1) is 24.2. The van der Waals surface area contributed by atoms with Crippen LogP contribution in [0.3, 0.4) is 0 Å². The molecule has 2 aromatic rings. The van der Waals surface area contributed by atoms with Gasteiger partial charge in [-0.3, -0.25) is 4.79 Å². The van der Waals surface area contributed by atoms with Crippen LogP contribution in [0.25, 0.3) is 11.0 Å². The number of fused-ring (bicyclic) bond motifs is 1. The van der Waals surface area contributed by atoms with Gasteiger partial charge in [0, 0.05) is 42.8 Å². The molecule has 1 heterocycles. The number of nitrogens with one attached hydrogen (secondary N) is 1. The molecule has 0 bridgehead atoms. The number of carboxylic acid groups (broad SMARTS) is 1. The molecule has 6 nitrogen and oxygen atoms in total. The van der Waals surface area contributed by atoms with Gasteiger partial charge in [0.1, 0.15) is 11.3 Å². The summed E-state index contributed by atoms with van der Waals surface area (Å²) in [5, 5.41) is 11.1. The Balaban J connectivity index is 0.000000480. The van der Waals surface area contributed by atoms with E-state index >= 15 is 0 Å². The zero-order valence-corrected chi connectivity index (χ0v) is 16.5. The summed E-state index contributed by atoms with van der Waals surface area (Å²) in [5.41, 5.74) is 6.28.